The summed E-state index contributed by atoms with van der Waals surface area (Å²) in [6.45, 7) is 4.07. The summed E-state index contributed by atoms with van der Waals surface area (Å²) in [7, 11) is 1.70. The van der Waals surface area contributed by atoms with Gasteiger partial charge in [0.1, 0.15) is 5.75 Å². The second-order valence-corrected chi connectivity index (χ2v) is 5.81. The lowest BCUT2D eigenvalue weighted by atomic mass is 10.1. The molecular formula is C16H17N3OS. The van der Waals surface area contributed by atoms with Gasteiger partial charge in [-0.1, -0.05) is 17.8 Å². The number of methoxy groups -OCH3 is 1. The molecule has 0 unspecified atom stereocenters. The SMILES string of the molecule is COc1c(C)cnc(CSc2ncc3ccccn23)c1C. The first-order valence-electron chi connectivity index (χ1n) is 6.74. The predicted molar refractivity (Wildman–Crippen MR) is 85.0 cm³/mol. The van der Waals surface area contributed by atoms with Crippen LogP contribution in [-0.2, 0) is 5.75 Å². The molecule has 0 aliphatic rings. The third kappa shape index (κ3) is 2.61. The number of hydrogen-bond acceptors (Lipinski definition) is 4. The van der Waals surface area contributed by atoms with Gasteiger partial charge in [-0.25, -0.2) is 4.98 Å². The van der Waals surface area contributed by atoms with Crippen LogP contribution < -0.4 is 4.74 Å². The Hall–Kier alpha value is -2.01. The van der Waals surface area contributed by atoms with Gasteiger partial charge in [0, 0.05) is 29.3 Å². The van der Waals surface area contributed by atoms with Crippen molar-refractivity contribution < 1.29 is 4.74 Å². The van der Waals surface area contributed by atoms with Gasteiger partial charge in [-0.2, -0.15) is 0 Å². The molecule has 3 aromatic heterocycles. The van der Waals surface area contributed by atoms with Crippen LogP contribution in [0.25, 0.3) is 5.52 Å². The number of pyridine rings is 2. The number of fused-ring (bicyclic) bond motifs is 1. The number of aromatic nitrogens is 3. The van der Waals surface area contributed by atoms with E-state index in [9.17, 15) is 0 Å². The van der Waals surface area contributed by atoms with Crippen molar-refractivity contribution in [1.29, 1.82) is 0 Å². The molecule has 0 aromatic carbocycles. The minimum Gasteiger partial charge on any atom is -0.496 e. The molecule has 5 heteroatoms. The van der Waals surface area contributed by atoms with Crippen LogP contribution in [0.5, 0.6) is 5.75 Å². The second-order valence-electron chi connectivity index (χ2n) is 4.87. The Labute approximate surface area is 128 Å². The van der Waals surface area contributed by atoms with Crippen molar-refractivity contribution in [2.24, 2.45) is 0 Å². The van der Waals surface area contributed by atoms with Crippen LogP contribution in [0.2, 0.25) is 0 Å². The van der Waals surface area contributed by atoms with Gasteiger partial charge < -0.3 is 4.74 Å². The van der Waals surface area contributed by atoms with Crippen LogP contribution in [0.15, 0.2) is 41.9 Å². The van der Waals surface area contributed by atoms with E-state index in [1.807, 2.05) is 37.6 Å². The Morgan fingerprint density at radius 1 is 1.19 bits per heavy atom. The Kier molecular flexibility index (Phi) is 3.84. The number of hydrogen-bond donors (Lipinski definition) is 0. The van der Waals surface area contributed by atoms with Crippen molar-refractivity contribution in [3.05, 3.63) is 53.6 Å². The standard InChI is InChI=1S/C16H17N3OS/c1-11-8-17-14(12(2)15(11)20-3)10-21-16-18-9-13-6-4-5-7-19(13)16/h4-9H,10H2,1-3H3. The van der Waals surface area contributed by atoms with Crippen LogP contribution in [0.3, 0.4) is 0 Å². The zero-order valence-electron chi connectivity index (χ0n) is 12.3. The molecule has 0 atom stereocenters. The minimum atomic E-state index is 0.774. The lowest BCUT2D eigenvalue weighted by molar-refractivity contribution is 0.407. The van der Waals surface area contributed by atoms with E-state index in [2.05, 4.69) is 27.4 Å². The Balaban J connectivity index is 1.85. The summed E-state index contributed by atoms with van der Waals surface area (Å²) in [5, 5.41) is 0.978. The Morgan fingerprint density at radius 3 is 2.86 bits per heavy atom. The van der Waals surface area contributed by atoms with Crippen molar-refractivity contribution in [3.8, 4) is 5.75 Å². The molecule has 0 amide bonds. The van der Waals surface area contributed by atoms with Crippen LogP contribution >= 0.6 is 11.8 Å². The highest BCUT2D eigenvalue weighted by atomic mass is 32.2. The van der Waals surface area contributed by atoms with Gasteiger partial charge in [-0.05, 0) is 26.0 Å². The maximum atomic E-state index is 5.45. The van der Waals surface area contributed by atoms with Crippen molar-refractivity contribution in [1.82, 2.24) is 14.4 Å². The summed E-state index contributed by atoms with van der Waals surface area (Å²) in [5.74, 6) is 1.70. The van der Waals surface area contributed by atoms with Crippen LogP contribution in [0.4, 0.5) is 0 Å². The zero-order valence-corrected chi connectivity index (χ0v) is 13.1. The molecule has 0 aliphatic carbocycles. The van der Waals surface area contributed by atoms with Gasteiger partial charge in [-0.3, -0.25) is 9.38 Å². The third-order valence-corrected chi connectivity index (χ3v) is 4.47. The molecule has 21 heavy (non-hydrogen) atoms. The molecule has 0 aliphatic heterocycles. The third-order valence-electron chi connectivity index (χ3n) is 3.49. The average molecular weight is 299 g/mol. The van der Waals surface area contributed by atoms with Crippen molar-refractivity contribution in [2.75, 3.05) is 7.11 Å². The summed E-state index contributed by atoms with van der Waals surface area (Å²) < 4.78 is 7.54. The second kappa shape index (κ2) is 5.77. The van der Waals surface area contributed by atoms with Gasteiger partial charge >= 0.3 is 0 Å². The first-order chi connectivity index (χ1) is 10.2. The largest absolute Gasteiger partial charge is 0.496 e. The number of nitrogens with zero attached hydrogens (tertiary/aromatic N) is 3. The highest BCUT2D eigenvalue weighted by Crippen LogP contribution is 2.28. The highest BCUT2D eigenvalue weighted by Gasteiger charge is 2.11. The summed E-state index contributed by atoms with van der Waals surface area (Å²) in [6, 6.07) is 6.08. The molecule has 108 valence electrons. The molecule has 0 saturated heterocycles. The normalized spacial score (nSPS) is 11.0. The van der Waals surface area contributed by atoms with Crippen molar-refractivity contribution in [3.63, 3.8) is 0 Å². The molecule has 0 radical (unpaired) electrons. The van der Waals surface area contributed by atoms with E-state index in [0.717, 1.165) is 39.0 Å². The van der Waals surface area contributed by atoms with E-state index in [4.69, 9.17) is 4.74 Å². The topological polar surface area (TPSA) is 39.4 Å². The molecule has 0 saturated carbocycles. The van der Waals surface area contributed by atoms with Crippen LogP contribution in [-0.4, -0.2) is 21.5 Å². The number of imidazole rings is 1. The summed E-state index contributed by atoms with van der Waals surface area (Å²) in [6.07, 6.45) is 5.78. The first-order valence-corrected chi connectivity index (χ1v) is 7.73. The van der Waals surface area contributed by atoms with E-state index in [-0.39, 0.29) is 0 Å². The number of ether oxygens (including phenoxy) is 1. The number of thioether (sulfide) groups is 1. The average Bonchev–Trinajstić information content (AvgIpc) is 2.90. The molecule has 4 nitrogen and oxygen atoms in total. The predicted octanol–water partition coefficient (Wildman–Crippen LogP) is 3.65. The monoisotopic (exact) mass is 299 g/mol. The van der Waals surface area contributed by atoms with Gasteiger partial charge in [0.2, 0.25) is 0 Å². The smallest absolute Gasteiger partial charge is 0.172 e. The van der Waals surface area contributed by atoms with E-state index in [1.54, 1.807) is 18.9 Å². The lowest BCUT2D eigenvalue weighted by Crippen LogP contribution is -1.99. The molecule has 0 spiro atoms. The van der Waals surface area contributed by atoms with Crippen molar-refractivity contribution in [2.45, 2.75) is 24.8 Å². The molecule has 0 fully saturated rings. The van der Waals surface area contributed by atoms with E-state index >= 15 is 0 Å². The fraction of sp³-hybridized carbons (Fsp3) is 0.250. The lowest BCUT2D eigenvalue weighted by Gasteiger charge is -2.11. The van der Waals surface area contributed by atoms with Gasteiger partial charge in [-0.15, -0.1) is 0 Å². The Bertz CT molecular complexity index is 782. The zero-order chi connectivity index (χ0) is 14.8. The Morgan fingerprint density at radius 2 is 2.05 bits per heavy atom. The summed E-state index contributed by atoms with van der Waals surface area (Å²) in [5.41, 5.74) is 4.31. The van der Waals surface area contributed by atoms with E-state index in [0.29, 0.717) is 0 Å². The number of rotatable bonds is 4. The highest BCUT2D eigenvalue weighted by molar-refractivity contribution is 7.98. The van der Waals surface area contributed by atoms with Crippen LogP contribution in [0.1, 0.15) is 16.8 Å². The molecule has 3 aromatic rings. The van der Waals surface area contributed by atoms with Gasteiger partial charge in [0.25, 0.3) is 0 Å². The maximum Gasteiger partial charge on any atom is 0.172 e. The van der Waals surface area contributed by atoms with Crippen LogP contribution in [0, 0.1) is 13.8 Å². The van der Waals surface area contributed by atoms with Gasteiger partial charge in [0.05, 0.1) is 24.5 Å². The molecule has 3 heterocycles. The summed E-state index contributed by atoms with van der Waals surface area (Å²) in [4.78, 5) is 9.00. The molecular weight excluding hydrogens is 282 g/mol. The fourth-order valence-corrected chi connectivity index (χ4v) is 3.37. The maximum absolute atomic E-state index is 5.45. The van der Waals surface area contributed by atoms with E-state index < -0.39 is 0 Å². The van der Waals surface area contributed by atoms with Gasteiger partial charge in [0.15, 0.2) is 5.16 Å². The summed E-state index contributed by atoms with van der Waals surface area (Å²) >= 11 is 1.68. The van der Waals surface area contributed by atoms with E-state index in [1.165, 1.54) is 0 Å². The molecule has 0 N–H and O–H groups in total. The fourth-order valence-electron chi connectivity index (χ4n) is 2.38. The van der Waals surface area contributed by atoms with Crippen molar-refractivity contribution >= 4 is 17.3 Å². The molecule has 0 bridgehead atoms. The quantitative estimate of drug-likeness (QED) is 0.689. The minimum absolute atomic E-state index is 0.774. The first kappa shape index (κ1) is 13.9. The number of aryl methyl sites for hydroxylation is 1. The molecule has 3 rings (SSSR count).